The Kier molecular flexibility index (Phi) is 3.67. The van der Waals surface area contributed by atoms with Gasteiger partial charge in [-0.3, -0.25) is 4.79 Å². The monoisotopic (exact) mass is 245 g/mol. The molecule has 1 heterocycles. The van der Waals surface area contributed by atoms with Crippen molar-refractivity contribution in [3.05, 3.63) is 60.2 Å². The molecule has 1 aromatic carbocycles. The average molecular weight is 245 g/mol. The van der Waals surface area contributed by atoms with E-state index in [9.17, 15) is 9.18 Å². The molecule has 0 unspecified atom stereocenters. The van der Waals surface area contributed by atoms with Gasteiger partial charge in [0.15, 0.2) is 12.4 Å². The van der Waals surface area contributed by atoms with E-state index in [-0.39, 0.29) is 18.3 Å². The number of hydrogen-bond acceptors (Lipinski definition) is 1. The Labute approximate surface area is 105 Å². The van der Waals surface area contributed by atoms with E-state index in [2.05, 4.69) is 5.32 Å². The third kappa shape index (κ3) is 3.38. The van der Waals surface area contributed by atoms with E-state index in [1.54, 1.807) is 4.57 Å². The largest absolute Gasteiger partial charge is 0.321 e. The lowest BCUT2D eigenvalue weighted by atomic mass is 10.3. The molecule has 0 saturated heterocycles. The first kappa shape index (κ1) is 12.2. The quantitative estimate of drug-likeness (QED) is 0.825. The molecule has 2 aromatic rings. The van der Waals surface area contributed by atoms with Gasteiger partial charge in [-0.25, -0.2) is 4.39 Å². The lowest BCUT2D eigenvalue weighted by Gasteiger charge is -2.02. The molecular formula is C14H14FN2O+. The fraction of sp³-hybridized carbons (Fsp3) is 0.143. The first-order valence-electron chi connectivity index (χ1n) is 5.64. The summed E-state index contributed by atoms with van der Waals surface area (Å²) < 4.78 is 14.5. The van der Waals surface area contributed by atoms with Crippen LogP contribution in [0.15, 0.2) is 48.8 Å². The standard InChI is InChI=1S/C14H13FN2O/c1-11-6-8-17(9-7-11)10-14(18)16-13-4-2-12(15)3-5-13/h2-9H,10H2,1H3/p+1. The molecule has 0 aliphatic heterocycles. The van der Waals surface area contributed by atoms with Gasteiger partial charge in [-0.05, 0) is 36.8 Å². The van der Waals surface area contributed by atoms with Gasteiger partial charge in [0.05, 0.1) is 0 Å². The minimum atomic E-state index is -0.319. The number of aryl methyl sites for hydroxylation is 1. The highest BCUT2D eigenvalue weighted by Crippen LogP contribution is 2.07. The Morgan fingerprint density at radius 2 is 1.78 bits per heavy atom. The van der Waals surface area contributed by atoms with E-state index >= 15 is 0 Å². The molecule has 1 amide bonds. The number of nitrogens with zero attached hydrogens (tertiary/aromatic N) is 1. The molecule has 1 aromatic heterocycles. The van der Waals surface area contributed by atoms with Crippen LogP contribution >= 0.6 is 0 Å². The van der Waals surface area contributed by atoms with Crippen molar-refractivity contribution < 1.29 is 13.8 Å². The van der Waals surface area contributed by atoms with Crippen LogP contribution in [-0.4, -0.2) is 5.91 Å². The van der Waals surface area contributed by atoms with Gasteiger partial charge in [-0.15, -0.1) is 0 Å². The van der Waals surface area contributed by atoms with Gasteiger partial charge in [-0.1, -0.05) is 0 Å². The maximum Gasteiger partial charge on any atom is 0.290 e. The van der Waals surface area contributed by atoms with Crippen LogP contribution in [0.5, 0.6) is 0 Å². The molecule has 0 aliphatic carbocycles. The number of hydrogen-bond donors (Lipinski definition) is 1. The van der Waals surface area contributed by atoms with Crippen molar-refractivity contribution in [2.24, 2.45) is 0 Å². The number of pyridine rings is 1. The molecule has 18 heavy (non-hydrogen) atoms. The Morgan fingerprint density at radius 1 is 1.17 bits per heavy atom. The summed E-state index contributed by atoms with van der Waals surface area (Å²) in [4.78, 5) is 11.7. The summed E-state index contributed by atoms with van der Waals surface area (Å²) in [6.45, 7) is 2.22. The Bertz CT molecular complexity index is 485. The molecule has 0 aliphatic rings. The first-order valence-corrected chi connectivity index (χ1v) is 5.64. The zero-order valence-electron chi connectivity index (χ0n) is 10.1. The van der Waals surface area contributed by atoms with Crippen molar-refractivity contribution in [1.29, 1.82) is 0 Å². The summed E-state index contributed by atoms with van der Waals surface area (Å²) in [5.41, 5.74) is 1.74. The molecular weight excluding hydrogens is 231 g/mol. The van der Waals surface area contributed by atoms with Gasteiger partial charge in [0, 0.05) is 17.8 Å². The summed E-state index contributed by atoms with van der Waals surface area (Å²) in [7, 11) is 0. The number of carbonyl (C=O) groups excluding carboxylic acids is 1. The fourth-order valence-corrected chi connectivity index (χ4v) is 1.54. The topological polar surface area (TPSA) is 33.0 Å². The highest BCUT2D eigenvalue weighted by molar-refractivity contribution is 5.89. The second-order valence-electron chi connectivity index (χ2n) is 4.10. The molecule has 4 heteroatoms. The summed E-state index contributed by atoms with van der Waals surface area (Å²) in [6, 6.07) is 9.57. The van der Waals surface area contributed by atoms with Crippen LogP contribution in [0.1, 0.15) is 5.56 Å². The van der Waals surface area contributed by atoms with Crippen LogP contribution in [0.25, 0.3) is 0 Å². The summed E-state index contributed by atoms with van der Waals surface area (Å²) in [5, 5.41) is 2.71. The van der Waals surface area contributed by atoms with Crippen LogP contribution in [-0.2, 0) is 11.3 Å². The highest BCUT2D eigenvalue weighted by Gasteiger charge is 2.08. The number of nitrogens with one attached hydrogen (secondary N) is 1. The van der Waals surface area contributed by atoms with Gasteiger partial charge >= 0.3 is 0 Å². The second kappa shape index (κ2) is 5.40. The van der Waals surface area contributed by atoms with Gasteiger partial charge in [0.2, 0.25) is 6.54 Å². The lowest BCUT2D eigenvalue weighted by Crippen LogP contribution is -2.39. The molecule has 1 N–H and O–H groups in total. The molecule has 0 fully saturated rings. The van der Waals surface area contributed by atoms with Gasteiger partial charge in [0.1, 0.15) is 5.82 Å². The SMILES string of the molecule is Cc1cc[n+](CC(=O)Nc2ccc(F)cc2)cc1. The summed E-state index contributed by atoms with van der Waals surface area (Å²) in [6.07, 6.45) is 3.69. The average Bonchev–Trinajstić information content (AvgIpc) is 2.35. The maximum absolute atomic E-state index is 12.7. The van der Waals surface area contributed by atoms with E-state index in [1.807, 2.05) is 31.5 Å². The van der Waals surface area contributed by atoms with Gasteiger partial charge in [-0.2, -0.15) is 4.57 Å². The van der Waals surface area contributed by atoms with E-state index in [1.165, 1.54) is 24.3 Å². The molecule has 0 radical (unpaired) electrons. The number of carbonyl (C=O) groups is 1. The smallest absolute Gasteiger partial charge is 0.290 e. The van der Waals surface area contributed by atoms with Crippen molar-refractivity contribution in [2.75, 3.05) is 5.32 Å². The fourth-order valence-electron chi connectivity index (χ4n) is 1.54. The van der Waals surface area contributed by atoms with E-state index in [0.717, 1.165) is 5.56 Å². The Hall–Kier alpha value is -2.23. The summed E-state index contributed by atoms with van der Waals surface area (Å²) in [5.74, 6) is -0.462. The molecule has 92 valence electrons. The van der Waals surface area contributed by atoms with Crippen molar-refractivity contribution in [3.8, 4) is 0 Å². The van der Waals surface area contributed by atoms with E-state index in [4.69, 9.17) is 0 Å². The van der Waals surface area contributed by atoms with Gasteiger partial charge in [0.25, 0.3) is 5.91 Å². The van der Waals surface area contributed by atoms with Crippen molar-refractivity contribution >= 4 is 11.6 Å². The number of aromatic nitrogens is 1. The number of halogens is 1. The Balaban J connectivity index is 1.96. The van der Waals surface area contributed by atoms with Crippen LogP contribution < -0.4 is 9.88 Å². The lowest BCUT2D eigenvalue weighted by molar-refractivity contribution is -0.684. The molecule has 0 saturated carbocycles. The number of benzene rings is 1. The predicted octanol–water partition coefficient (Wildman–Crippen LogP) is 2.06. The van der Waals surface area contributed by atoms with Crippen LogP contribution in [0, 0.1) is 12.7 Å². The van der Waals surface area contributed by atoms with Crippen molar-refractivity contribution in [2.45, 2.75) is 13.5 Å². The van der Waals surface area contributed by atoms with E-state index < -0.39 is 0 Å². The maximum atomic E-state index is 12.7. The third-order valence-corrected chi connectivity index (χ3v) is 2.51. The highest BCUT2D eigenvalue weighted by atomic mass is 19.1. The molecule has 3 nitrogen and oxygen atoms in total. The minimum Gasteiger partial charge on any atom is -0.321 e. The zero-order chi connectivity index (χ0) is 13.0. The number of rotatable bonds is 3. The Morgan fingerprint density at radius 3 is 2.39 bits per heavy atom. The summed E-state index contributed by atoms with van der Waals surface area (Å²) >= 11 is 0. The first-order chi connectivity index (χ1) is 8.63. The van der Waals surface area contributed by atoms with Gasteiger partial charge < -0.3 is 5.32 Å². The molecule has 0 atom stereocenters. The van der Waals surface area contributed by atoms with Crippen LogP contribution in [0.4, 0.5) is 10.1 Å². The van der Waals surface area contributed by atoms with Crippen LogP contribution in [0.2, 0.25) is 0 Å². The molecule has 0 bridgehead atoms. The zero-order valence-corrected chi connectivity index (χ0v) is 10.1. The molecule has 2 rings (SSSR count). The second-order valence-corrected chi connectivity index (χ2v) is 4.10. The number of anilines is 1. The number of amides is 1. The van der Waals surface area contributed by atoms with Crippen molar-refractivity contribution in [1.82, 2.24) is 0 Å². The van der Waals surface area contributed by atoms with E-state index in [0.29, 0.717) is 5.69 Å². The minimum absolute atomic E-state index is 0.143. The van der Waals surface area contributed by atoms with Crippen molar-refractivity contribution in [3.63, 3.8) is 0 Å². The predicted molar refractivity (Wildman–Crippen MR) is 66.4 cm³/mol. The third-order valence-electron chi connectivity index (χ3n) is 2.51. The van der Waals surface area contributed by atoms with Crippen LogP contribution in [0.3, 0.4) is 0 Å². The molecule has 0 spiro atoms. The normalized spacial score (nSPS) is 10.1.